The van der Waals surface area contributed by atoms with Crippen molar-refractivity contribution in [2.24, 2.45) is 4.99 Å². The Bertz CT molecular complexity index is 1070. The first-order valence-electron chi connectivity index (χ1n) is 7.07. The third-order valence-electron chi connectivity index (χ3n) is 3.99. The molecule has 2 aromatic heterocycles. The quantitative estimate of drug-likeness (QED) is 0.385. The van der Waals surface area contributed by atoms with E-state index in [9.17, 15) is 10.2 Å². The van der Waals surface area contributed by atoms with E-state index >= 15 is 0 Å². The molecule has 2 aromatic carbocycles. The van der Waals surface area contributed by atoms with Crippen LogP contribution in [-0.2, 0) is 0 Å². The van der Waals surface area contributed by atoms with Crippen LogP contribution in [-0.4, -0.2) is 26.9 Å². The summed E-state index contributed by atoms with van der Waals surface area (Å²) in [5, 5.41) is 22.4. The van der Waals surface area contributed by atoms with Gasteiger partial charge in [-0.2, -0.15) is 0 Å². The Morgan fingerprint density at radius 3 is 2.70 bits per heavy atom. The molecule has 112 valence electrons. The molecule has 0 fully saturated rings. The number of hydrogen-bond acceptors (Lipinski definition) is 4. The Balaban J connectivity index is 1.99. The number of pyridine rings is 1. The molecule has 0 unspecified atom stereocenters. The monoisotopic (exact) mass is 303 g/mol. The molecule has 5 heteroatoms. The number of phenols is 2. The maximum absolute atomic E-state index is 10.2. The predicted octanol–water partition coefficient (Wildman–Crippen LogP) is 4.13. The van der Waals surface area contributed by atoms with Crippen molar-refractivity contribution in [2.45, 2.75) is 0 Å². The summed E-state index contributed by atoms with van der Waals surface area (Å²) in [5.41, 5.74) is 2.90. The van der Waals surface area contributed by atoms with Crippen molar-refractivity contribution >= 4 is 34.1 Å². The number of aromatic amines is 1. The van der Waals surface area contributed by atoms with Crippen molar-refractivity contribution in [3.05, 3.63) is 48.8 Å². The topological polar surface area (TPSA) is 81.5 Å². The van der Waals surface area contributed by atoms with E-state index in [1.807, 2.05) is 30.5 Å². The minimum Gasteiger partial charge on any atom is -0.507 e. The highest BCUT2D eigenvalue weighted by atomic mass is 16.3. The molecule has 0 saturated carbocycles. The lowest BCUT2D eigenvalue weighted by molar-refractivity contribution is 0.471. The summed E-state index contributed by atoms with van der Waals surface area (Å²) < 4.78 is 0. The number of aromatic nitrogens is 2. The van der Waals surface area contributed by atoms with Gasteiger partial charge in [0, 0.05) is 45.7 Å². The van der Waals surface area contributed by atoms with Gasteiger partial charge in [-0.25, -0.2) is 0 Å². The summed E-state index contributed by atoms with van der Waals surface area (Å²) in [6.45, 7) is 3.39. The van der Waals surface area contributed by atoms with Crippen molar-refractivity contribution in [2.75, 3.05) is 0 Å². The number of nitrogens with one attached hydrogen (secondary N) is 1. The first kappa shape index (κ1) is 13.3. The second-order valence-electron chi connectivity index (χ2n) is 5.28. The smallest absolute Gasteiger partial charge is 0.150 e. The number of fused-ring (bicyclic) bond motifs is 2. The van der Waals surface area contributed by atoms with Crippen molar-refractivity contribution in [3.63, 3.8) is 0 Å². The van der Waals surface area contributed by atoms with Crippen LogP contribution in [0, 0.1) is 0 Å². The van der Waals surface area contributed by atoms with E-state index in [0.717, 1.165) is 16.5 Å². The van der Waals surface area contributed by atoms with E-state index in [1.165, 1.54) is 12.3 Å². The van der Waals surface area contributed by atoms with Gasteiger partial charge in [0.05, 0.1) is 5.69 Å². The fraction of sp³-hybridized carbons (Fsp3) is 0. The highest BCUT2D eigenvalue weighted by Gasteiger charge is 2.14. The van der Waals surface area contributed by atoms with Gasteiger partial charge in [0.25, 0.3) is 0 Å². The Hall–Kier alpha value is -3.34. The number of rotatable bonds is 2. The number of phenolic OH excluding ortho intramolecular Hbond substituents is 2. The molecule has 5 nitrogen and oxygen atoms in total. The van der Waals surface area contributed by atoms with Crippen LogP contribution in [0.1, 0.15) is 0 Å². The minimum atomic E-state index is -0.0363. The zero-order chi connectivity index (χ0) is 16.0. The average molecular weight is 303 g/mol. The number of aromatic hydroxyl groups is 2. The first-order chi connectivity index (χ1) is 11.2. The van der Waals surface area contributed by atoms with E-state index < -0.39 is 0 Å². The zero-order valence-corrected chi connectivity index (χ0v) is 12.1. The Morgan fingerprint density at radius 1 is 1.04 bits per heavy atom. The number of H-pyrrole nitrogens is 1. The Labute approximate surface area is 131 Å². The van der Waals surface area contributed by atoms with Gasteiger partial charge in [-0.3, -0.25) is 9.98 Å². The first-order valence-corrected chi connectivity index (χ1v) is 7.07. The molecule has 0 saturated heterocycles. The molecule has 0 aliphatic heterocycles. The van der Waals surface area contributed by atoms with Crippen LogP contribution in [0.15, 0.2) is 53.8 Å². The summed E-state index contributed by atoms with van der Waals surface area (Å²) in [5.74, 6) is -0.00512. The molecule has 0 aliphatic carbocycles. The van der Waals surface area contributed by atoms with Gasteiger partial charge in [0.1, 0.15) is 11.4 Å². The molecule has 0 bridgehead atoms. The molecule has 0 atom stereocenters. The Morgan fingerprint density at radius 2 is 1.87 bits per heavy atom. The van der Waals surface area contributed by atoms with Crippen LogP contribution >= 0.6 is 0 Å². The third-order valence-corrected chi connectivity index (χ3v) is 3.99. The lowest BCUT2D eigenvalue weighted by Gasteiger charge is -2.08. The van der Waals surface area contributed by atoms with Crippen molar-refractivity contribution in [1.82, 2.24) is 9.97 Å². The number of aliphatic imine (C=N–C) groups is 1. The number of para-hydroxylation sites is 1. The van der Waals surface area contributed by atoms with E-state index in [4.69, 9.17) is 0 Å². The molecule has 0 spiro atoms. The molecule has 0 amide bonds. The van der Waals surface area contributed by atoms with Crippen molar-refractivity contribution < 1.29 is 10.2 Å². The van der Waals surface area contributed by atoms with Gasteiger partial charge in [0.2, 0.25) is 0 Å². The lowest BCUT2D eigenvalue weighted by Crippen LogP contribution is -1.85. The summed E-state index contributed by atoms with van der Waals surface area (Å²) in [6, 6.07) is 11.1. The highest BCUT2D eigenvalue weighted by molar-refractivity contribution is 6.01. The zero-order valence-electron chi connectivity index (χ0n) is 12.1. The molecule has 23 heavy (non-hydrogen) atoms. The maximum Gasteiger partial charge on any atom is 0.150 e. The number of hydrogen-bond donors (Lipinski definition) is 3. The molecular weight excluding hydrogens is 290 g/mol. The second-order valence-corrected chi connectivity index (χ2v) is 5.28. The van der Waals surface area contributed by atoms with Gasteiger partial charge >= 0.3 is 0 Å². The highest BCUT2D eigenvalue weighted by Crippen LogP contribution is 2.41. The molecule has 3 N–H and O–H groups in total. The van der Waals surface area contributed by atoms with Crippen LogP contribution in [0.2, 0.25) is 0 Å². The van der Waals surface area contributed by atoms with Crippen molar-refractivity contribution in [3.8, 4) is 22.8 Å². The van der Waals surface area contributed by atoms with Crippen LogP contribution in [0.25, 0.3) is 32.9 Å². The van der Waals surface area contributed by atoms with Gasteiger partial charge in [-0.05, 0) is 18.9 Å². The van der Waals surface area contributed by atoms with E-state index in [-0.39, 0.29) is 17.2 Å². The number of nitrogens with zero attached hydrogens (tertiary/aromatic N) is 2. The van der Waals surface area contributed by atoms with Gasteiger partial charge < -0.3 is 15.2 Å². The average Bonchev–Trinajstić information content (AvgIpc) is 3.01. The van der Waals surface area contributed by atoms with Crippen LogP contribution in [0.4, 0.5) is 5.69 Å². The van der Waals surface area contributed by atoms with Crippen LogP contribution < -0.4 is 0 Å². The van der Waals surface area contributed by atoms with Crippen LogP contribution in [0.3, 0.4) is 0 Å². The van der Waals surface area contributed by atoms with E-state index in [1.54, 1.807) is 6.07 Å². The predicted molar refractivity (Wildman–Crippen MR) is 91.6 cm³/mol. The van der Waals surface area contributed by atoms with Gasteiger partial charge in [0.15, 0.2) is 5.75 Å². The maximum atomic E-state index is 10.2. The summed E-state index contributed by atoms with van der Waals surface area (Å²) in [6.07, 6.45) is 3.42. The number of benzene rings is 2. The summed E-state index contributed by atoms with van der Waals surface area (Å²) in [7, 11) is 0. The molecule has 4 rings (SSSR count). The minimum absolute atomic E-state index is 0.0312. The van der Waals surface area contributed by atoms with Crippen molar-refractivity contribution in [1.29, 1.82) is 0 Å². The molecular formula is C18H13N3O2. The van der Waals surface area contributed by atoms with Gasteiger partial charge in [-0.15, -0.1) is 0 Å². The SMILES string of the molecule is C=Nc1cc(O)c2cc(-c3c[nH]c4ccccc34)ncc2c1O. The Kier molecular flexibility index (Phi) is 2.81. The lowest BCUT2D eigenvalue weighted by atomic mass is 10.0. The fourth-order valence-corrected chi connectivity index (χ4v) is 2.82. The largest absolute Gasteiger partial charge is 0.507 e. The van der Waals surface area contributed by atoms with E-state index in [2.05, 4.69) is 21.7 Å². The second kappa shape index (κ2) is 4.84. The molecule has 2 heterocycles. The summed E-state index contributed by atoms with van der Waals surface area (Å²) in [4.78, 5) is 11.3. The van der Waals surface area contributed by atoms with Crippen LogP contribution in [0.5, 0.6) is 11.5 Å². The normalized spacial score (nSPS) is 11.1. The molecule has 4 aromatic rings. The standard InChI is InChI=1S/C18H13N3O2/c1-19-16-7-17(22)11-6-15(21-9-13(11)18(16)23)12-8-20-14-5-3-2-4-10(12)14/h2-9,20,22-23H,1H2. The summed E-state index contributed by atoms with van der Waals surface area (Å²) >= 11 is 0. The fourth-order valence-electron chi connectivity index (χ4n) is 2.82. The third kappa shape index (κ3) is 1.94. The van der Waals surface area contributed by atoms with Gasteiger partial charge in [-0.1, -0.05) is 18.2 Å². The molecule has 0 radical (unpaired) electrons. The molecule has 0 aliphatic rings. The van der Waals surface area contributed by atoms with E-state index in [0.29, 0.717) is 16.5 Å².